The Bertz CT molecular complexity index is 616. The monoisotopic (exact) mass is 339 g/mol. The predicted molar refractivity (Wildman–Crippen MR) is 78.3 cm³/mol. The first-order valence-electron chi connectivity index (χ1n) is 5.71. The van der Waals surface area contributed by atoms with E-state index in [9.17, 15) is 4.79 Å². The largest absolute Gasteiger partial charge is 0.462 e. The van der Waals surface area contributed by atoms with Crippen molar-refractivity contribution in [1.29, 1.82) is 0 Å². The fraction of sp³-hybridized carbons (Fsp3) is 0.143. The van der Waals surface area contributed by atoms with E-state index >= 15 is 0 Å². The highest BCUT2D eigenvalue weighted by Crippen LogP contribution is 2.24. The SMILES string of the molecule is CCOC(=O)c1ccc(-c2cccc(Br)c2)nc1Cl. The lowest BCUT2D eigenvalue weighted by Gasteiger charge is -2.06. The molecule has 0 aliphatic rings. The lowest BCUT2D eigenvalue weighted by molar-refractivity contribution is 0.0526. The van der Waals surface area contributed by atoms with Gasteiger partial charge in [0, 0.05) is 10.0 Å². The molecule has 5 heteroatoms. The third-order valence-electron chi connectivity index (χ3n) is 2.46. The van der Waals surface area contributed by atoms with Crippen molar-refractivity contribution >= 4 is 33.5 Å². The average molecular weight is 341 g/mol. The van der Waals surface area contributed by atoms with E-state index < -0.39 is 5.97 Å². The number of aromatic nitrogens is 1. The number of hydrogen-bond acceptors (Lipinski definition) is 3. The maximum Gasteiger partial charge on any atom is 0.341 e. The van der Waals surface area contributed by atoms with Gasteiger partial charge in [-0.15, -0.1) is 0 Å². The summed E-state index contributed by atoms with van der Waals surface area (Å²) in [4.78, 5) is 15.8. The molecule has 0 amide bonds. The molecule has 1 aromatic heterocycles. The van der Waals surface area contributed by atoms with E-state index in [1.807, 2.05) is 24.3 Å². The number of halogens is 2. The summed E-state index contributed by atoms with van der Waals surface area (Å²) >= 11 is 9.43. The van der Waals surface area contributed by atoms with Crippen molar-refractivity contribution in [1.82, 2.24) is 4.98 Å². The van der Waals surface area contributed by atoms with E-state index in [4.69, 9.17) is 16.3 Å². The van der Waals surface area contributed by atoms with Gasteiger partial charge in [-0.05, 0) is 31.2 Å². The lowest BCUT2D eigenvalue weighted by atomic mass is 10.1. The van der Waals surface area contributed by atoms with Crippen LogP contribution < -0.4 is 0 Å². The maximum atomic E-state index is 11.6. The molecule has 0 saturated carbocycles. The third-order valence-corrected chi connectivity index (χ3v) is 3.25. The van der Waals surface area contributed by atoms with Crippen LogP contribution in [0, 0.1) is 0 Å². The minimum Gasteiger partial charge on any atom is -0.462 e. The molecule has 0 aliphatic heterocycles. The van der Waals surface area contributed by atoms with Crippen LogP contribution in [0.2, 0.25) is 5.15 Å². The van der Waals surface area contributed by atoms with Gasteiger partial charge in [-0.3, -0.25) is 0 Å². The Morgan fingerprint density at radius 3 is 2.79 bits per heavy atom. The van der Waals surface area contributed by atoms with Gasteiger partial charge in [0.15, 0.2) is 0 Å². The Kier molecular flexibility index (Phi) is 4.56. The van der Waals surface area contributed by atoms with Gasteiger partial charge in [-0.25, -0.2) is 9.78 Å². The number of benzene rings is 1. The Hall–Kier alpha value is -1.39. The zero-order chi connectivity index (χ0) is 13.8. The van der Waals surface area contributed by atoms with Crippen molar-refractivity contribution in [2.45, 2.75) is 6.92 Å². The van der Waals surface area contributed by atoms with Crippen LogP contribution in [-0.2, 0) is 4.74 Å². The normalized spacial score (nSPS) is 10.3. The number of carbonyl (C=O) groups is 1. The molecule has 2 rings (SSSR count). The summed E-state index contributed by atoms with van der Waals surface area (Å²) in [6.45, 7) is 2.05. The van der Waals surface area contributed by atoms with Crippen LogP contribution in [0.1, 0.15) is 17.3 Å². The van der Waals surface area contributed by atoms with Crippen molar-refractivity contribution < 1.29 is 9.53 Å². The summed E-state index contributed by atoms with van der Waals surface area (Å²) in [5.74, 6) is -0.458. The Morgan fingerprint density at radius 1 is 1.37 bits per heavy atom. The second-order valence-electron chi connectivity index (χ2n) is 3.77. The summed E-state index contributed by atoms with van der Waals surface area (Å²) in [6, 6.07) is 11.1. The smallest absolute Gasteiger partial charge is 0.341 e. The Labute approximate surface area is 124 Å². The molecule has 0 atom stereocenters. The number of ether oxygens (including phenoxy) is 1. The second-order valence-corrected chi connectivity index (χ2v) is 5.04. The highest BCUT2D eigenvalue weighted by Gasteiger charge is 2.13. The quantitative estimate of drug-likeness (QED) is 0.616. The molecule has 0 spiro atoms. The fourth-order valence-corrected chi connectivity index (χ4v) is 2.23. The van der Waals surface area contributed by atoms with Crippen molar-refractivity contribution in [3.8, 4) is 11.3 Å². The van der Waals surface area contributed by atoms with Gasteiger partial charge < -0.3 is 4.74 Å². The number of esters is 1. The van der Waals surface area contributed by atoms with Crippen LogP contribution in [-0.4, -0.2) is 17.6 Å². The number of pyridine rings is 1. The number of hydrogen-bond donors (Lipinski definition) is 0. The number of nitrogens with zero attached hydrogens (tertiary/aromatic N) is 1. The maximum absolute atomic E-state index is 11.6. The molecule has 19 heavy (non-hydrogen) atoms. The van der Waals surface area contributed by atoms with Gasteiger partial charge in [-0.1, -0.05) is 39.7 Å². The van der Waals surface area contributed by atoms with E-state index in [0.29, 0.717) is 12.3 Å². The zero-order valence-electron chi connectivity index (χ0n) is 10.2. The van der Waals surface area contributed by atoms with Crippen molar-refractivity contribution in [3.63, 3.8) is 0 Å². The molecule has 1 heterocycles. The Morgan fingerprint density at radius 2 is 2.16 bits per heavy atom. The molecule has 0 radical (unpaired) electrons. The van der Waals surface area contributed by atoms with Gasteiger partial charge >= 0.3 is 5.97 Å². The standard InChI is InChI=1S/C14H11BrClNO2/c1-2-19-14(18)11-6-7-12(17-13(11)16)9-4-3-5-10(15)8-9/h3-8H,2H2,1H3. The van der Waals surface area contributed by atoms with Crippen LogP contribution >= 0.6 is 27.5 Å². The minimum atomic E-state index is -0.458. The summed E-state index contributed by atoms with van der Waals surface area (Å²) in [6.07, 6.45) is 0. The van der Waals surface area contributed by atoms with E-state index in [-0.39, 0.29) is 10.7 Å². The molecule has 0 fully saturated rings. The first-order chi connectivity index (χ1) is 9.11. The van der Waals surface area contributed by atoms with Gasteiger partial charge in [0.2, 0.25) is 0 Å². The van der Waals surface area contributed by atoms with Gasteiger partial charge in [0.25, 0.3) is 0 Å². The highest BCUT2D eigenvalue weighted by atomic mass is 79.9. The Balaban J connectivity index is 2.36. The lowest BCUT2D eigenvalue weighted by Crippen LogP contribution is -2.06. The summed E-state index contributed by atoms with van der Waals surface area (Å²) in [5.41, 5.74) is 1.91. The molecule has 98 valence electrons. The van der Waals surface area contributed by atoms with Crippen LogP contribution in [0.3, 0.4) is 0 Å². The number of rotatable bonds is 3. The highest BCUT2D eigenvalue weighted by molar-refractivity contribution is 9.10. The van der Waals surface area contributed by atoms with Crippen molar-refractivity contribution in [2.24, 2.45) is 0 Å². The molecule has 3 nitrogen and oxygen atoms in total. The van der Waals surface area contributed by atoms with Gasteiger partial charge in [0.1, 0.15) is 5.15 Å². The average Bonchev–Trinajstić information content (AvgIpc) is 2.38. The zero-order valence-corrected chi connectivity index (χ0v) is 12.5. The van der Waals surface area contributed by atoms with Crippen molar-refractivity contribution in [3.05, 3.63) is 51.6 Å². The van der Waals surface area contributed by atoms with Crippen LogP contribution in [0.25, 0.3) is 11.3 Å². The summed E-state index contributed by atoms with van der Waals surface area (Å²) in [7, 11) is 0. The van der Waals surface area contributed by atoms with Crippen LogP contribution in [0.4, 0.5) is 0 Å². The van der Waals surface area contributed by atoms with Crippen LogP contribution in [0.5, 0.6) is 0 Å². The molecule has 0 N–H and O–H groups in total. The number of carbonyl (C=O) groups excluding carboxylic acids is 1. The second kappa shape index (κ2) is 6.17. The molecule has 1 aromatic carbocycles. The summed E-state index contributed by atoms with van der Waals surface area (Å²) < 4.78 is 5.86. The predicted octanol–water partition coefficient (Wildman–Crippen LogP) is 4.34. The molecule has 0 saturated heterocycles. The molecular formula is C14H11BrClNO2. The molecule has 2 aromatic rings. The topological polar surface area (TPSA) is 39.2 Å². The van der Waals surface area contributed by atoms with Gasteiger partial charge in [0.05, 0.1) is 17.9 Å². The van der Waals surface area contributed by atoms with E-state index in [1.165, 1.54) is 0 Å². The van der Waals surface area contributed by atoms with Crippen LogP contribution in [0.15, 0.2) is 40.9 Å². The molecule has 0 unspecified atom stereocenters. The first kappa shape index (κ1) is 14.0. The third kappa shape index (κ3) is 3.33. The minimum absolute atomic E-state index is 0.149. The summed E-state index contributed by atoms with van der Waals surface area (Å²) in [5, 5.41) is 0.149. The fourth-order valence-electron chi connectivity index (χ4n) is 1.60. The molecule has 0 bridgehead atoms. The molecular weight excluding hydrogens is 330 g/mol. The van der Waals surface area contributed by atoms with E-state index in [1.54, 1.807) is 19.1 Å². The first-order valence-corrected chi connectivity index (χ1v) is 6.88. The molecule has 0 aliphatic carbocycles. The van der Waals surface area contributed by atoms with Gasteiger partial charge in [-0.2, -0.15) is 0 Å². The van der Waals surface area contributed by atoms with Crippen molar-refractivity contribution in [2.75, 3.05) is 6.61 Å². The van der Waals surface area contributed by atoms with E-state index in [0.717, 1.165) is 10.0 Å². The van der Waals surface area contributed by atoms with E-state index in [2.05, 4.69) is 20.9 Å².